The fraction of sp³-hybridized carbons (Fsp3) is 0.133. The second-order valence-corrected chi connectivity index (χ2v) is 5.62. The molecule has 1 unspecified atom stereocenters. The van der Waals surface area contributed by atoms with Crippen LogP contribution >= 0.6 is 27.5 Å². The number of benzene rings is 2. The molecule has 0 bridgehead atoms. The number of carbonyl (C=O) groups is 1. The largest absolute Gasteiger partial charge is 0.416 e. The van der Waals surface area contributed by atoms with Gasteiger partial charge in [-0.25, -0.2) is 0 Å². The predicted molar refractivity (Wildman–Crippen MR) is 78.5 cm³/mol. The van der Waals surface area contributed by atoms with Crippen LogP contribution in [0.4, 0.5) is 13.2 Å². The maximum atomic E-state index is 12.7. The lowest BCUT2D eigenvalue weighted by Crippen LogP contribution is -2.11. The van der Waals surface area contributed by atoms with Crippen molar-refractivity contribution in [3.8, 4) is 0 Å². The number of Topliss-reactive ketones (excluding diaryl/α,β-unsaturated/α-hetero) is 1. The van der Waals surface area contributed by atoms with Gasteiger partial charge in [-0.2, -0.15) is 13.2 Å². The molecule has 0 radical (unpaired) electrons. The first kappa shape index (κ1) is 16.0. The summed E-state index contributed by atoms with van der Waals surface area (Å²) in [6.45, 7) is 0. The minimum absolute atomic E-state index is 0.0892. The topological polar surface area (TPSA) is 17.1 Å². The molecule has 110 valence electrons. The summed E-state index contributed by atoms with van der Waals surface area (Å²) in [5.41, 5.74) is -0.437. The van der Waals surface area contributed by atoms with E-state index in [1.165, 1.54) is 6.07 Å². The molecule has 0 amide bonds. The van der Waals surface area contributed by atoms with Gasteiger partial charge in [-0.3, -0.25) is 4.79 Å². The standard InChI is InChI=1S/C15H9BrClF3O/c16-12-7-6-10(15(18,19)20)8-11(12)14(21)13(17)9-4-2-1-3-5-9/h1-8,13H. The summed E-state index contributed by atoms with van der Waals surface area (Å²) in [5.74, 6) is -0.583. The van der Waals surface area contributed by atoms with Crippen molar-refractivity contribution >= 4 is 33.3 Å². The molecule has 0 aliphatic rings. The van der Waals surface area contributed by atoms with Gasteiger partial charge >= 0.3 is 6.18 Å². The van der Waals surface area contributed by atoms with E-state index in [1.807, 2.05) is 0 Å². The number of hydrogen-bond acceptors (Lipinski definition) is 1. The van der Waals surface area contributed by atoms with Crippen LogP contribution in [0.5, 0.6) is 0 Å². The van der Waals surface area contributed by atoms with E-state index in [1.54, 1.807) is 30.3 Å². The Balaban J connectivity index is 2.39. The third kappa shape index (κ3) is 3.66. The summed E-state index contributed by atoms with van der Waals surface area (Å²) in [6, 6.07) is 11.4. The van der Waals surface area contributed by atoms with E-state index >= 15 is 0 Å². The molecule has 0 aromatic heterocycles. The summed E-state index contributed by atoms with van der Waals surface area (Å²) in [7, 11) is 0. The normalized spacial score (nSPS) is 13.0. The Morgan fingerprint density at radius 1 is 1.10 bits per heavy atom. The van der Waals surface area contributed by atoms with Gasteiger partial charge in [-0.05, 0) is 23.8 Å². The van der Waals surface area contributed by atoms with Crippen LogP contribution in [0.1, 0.15) is 26.9 Å². The average molecular weight is 378 g/mol. The SMILES string of the molecule is O=C(c1cc(C(F)(F)F)ccc1Br)C(Cl)c1ccccc1. The summed E-state index contributed by atoms with van der Waals surface area (Å²) < 4.78 is 38.5. The van der Waals surface area contributed by atoms with E-state index in [9.17, 15) is 18.0 Å². The van der Waals surface area contributed by atoms with Crippen LogP contribution in [-0.4, -0.2) is 5.78 Å². The van der Waals surface area contributed by atoms with Gasteiger partial charge < -0.3 is 0 Å². The molecule has 0 fully saturated rings. The Morgan fingerprint density at radius 3 is 2.29 bits per heavy atom. The molecule has 0 heterocycles. The van der Waals surface area contributed by atoms with Gasteiger partial charge in [0.2, 0.25) is 0 Å². The zero-order chi connectivity index (χ0) is 15.6. The number of rotatable bonds is 3. The van der Waals surface area contributed by atoms with E-state index in [0.29, 0.717) is 5.56 Å². The summed E-state index contributed by atoms with van der Waals surface area (Å²) in [4.78, 5) is 12.3. The summed E-state index contributed by atoms with van der Waals surface area (Å²) in [5, 5.41) is -1.04. The monoisotopic (exact) mass is 376 g/mol. The van der Waals surface area contributed by atoms with Gasteiger partial charge in [0.25, 0.3) is 0 Å². The molecule has 1 nitrogen and oxygen atoms in total. The Bertz CT molecular complexity index is 656. The third-order valence-corrected chi connectivity index (χ3v) is 4.02. The number of ketones is 1. The maximum Gasteiger partial charge on any atom is 0.416 e. The van der Waals surface area contributed by atoms with E-state index in [0.717, 1.165) is 12.1 Å². The second kappa shape index (κ2) is 6.20. The van der Waals surface area contributed by atoms with Gasteiger partial charge in [0, 0.05) is 10.0 Å². The van der Waals surface area contributed by atoms with Crippen molar-refractivity contribution in [1.82, 2.24) is 0 Å². The highest BCUT2D eigenvalue weighted by atomic mass is 79.9. The second-order valence-electron chi connectivity index (χ2n) is 4.33. The predicted octanol–water partition coefficient (Wildman–Crippen LogP) is 5.63. The fourth-order valence-electron chi connectivity index (χ4n) is 1.80. The number of carbonyl (C=O) groups excluding carboxylic acids is 1. The Hall–Kier alpha value is -1.33. The highest BCUT2D eigenvalue weighted by molar-refractivity contribution is 9.10. The Kier molecular flexibility index (Phi) is 4.74. The van der Waals surface area contributed by atoms with Crippen molar-refractivity contribution in [3.63, 3.8) is 0 Å². The maximum absolute atomic E-state index is 12.7. The van der Waals surface area contributed by atoms with E-state index in [-0.39, 0.29) is 10.0 Å². The van der Waals surface area contributed by atoms with Gasteiger partial charge in [0.15, 0.2) is 5.78 Å². The molecule has 21 heavy (non-hydrogen) atoms. The molecule has 2 aromatic rings. The molecule has 1 atom stereocenters. The molecule has 0 saturated carbocycles. The van der Waals surface area contributed by atoms with Crippen molar-refractivity contribution in [2.45, 2.75) is 11.6 Å². The van der Waals surface area contributed by atoms with Crippen molar-refractivity contribution < 1.29 is 18.0 Å². The van der Waals surface area contributed by atoms with Gasteiger partial charge in [-0.15, -0.1) is 11.6 Å². The molecular formula is C15H9BrClF3O. The number of alkyl halides is 4. The molecular weight excluding hydrogens is 369 g/mol. The van der Waals surface area contributed by atoms with Crippen LogP contribution in [-0.2, 0) is 6.18 Å². The van der Waals surface area contributed by atoms with Crippen molar-refractivity contribution in [3.05, 3.63) is 69.7 Å². The van der Waals surface area contributed by atoms with E-state index in [4.69, 9.17) is 11.6 Å². The number of hydrogen-bond donors (Lipinski definition) is 0. The minimum atomic E-state index is -4.51. The average Bonchev–Trinajstić information content (AvgIpc) is 2.46. The first-order valence-electron chi connectivity index (χ1n) is 5.90. The lowest BCUT2D eigenvalue weighted by atomic mass is 10.0. The van der Waals surface area contributed by atoms with Crippen molar-refractivity contribution in [1.29, 1.82) is 0 Å². The highest BCUT2D eigenvalue weighted by Crippen LogP contribution is 2.34. The van der Waals surface area contributed by atoms with Crippen LogP contribution in [0.2, 0.25) is 0 Å². The molecule has 6 heteroatoms. The molecule has 0 saturated heterocycles. The zero-order valence-corrected chi connectivity index (χ0v) is 12.8. The quantitative estimate of drug-likeness (QED) is 0.500. The van der Waals surface area contributed by atoms with Gasteiger partial charge in [0.05, 0.1) is 5.56 Å². The van der Waals surface area contributed by atoms with Crippen molar-refractivity contribution in [2.24, 2.45) is 0 Å². The van der Waals surface area contributed by atoms with Crippen LogP contribution in [0.15, 0.2) is 53.0 Å². The minimum Gasteiger partial charge on any atom is -0.292 e. The first-order chi connectivity index (χ1) is 9.80. The molecule has 2 rings (SSSR count). The van der Waals surface area contributed by atoms with Crippen LogP contribution in [0.3, 0.4) is 0 Å². The van der Waals surface area contributed by atoms with Crippen LogP contribution < -0.4 is 0 Å². The summed E-state index contributed by atoms with van der Waals surface area (Å²) in [6.07, 6.45) is -4.51. The smallest absolute Gasteiger partial charge is 0.292 e. The molecule has 0 N–H and O–H groups in total. The highest BCUT2D eigenvalue weighted by Gasteiger charge is 2.32. The zero-order valence-electron chi connectivity index (χ0n) is 10.5. The summed E-state index contributed by atoms with van der Waals surface area (Å²) >= 11 is 9.17. The van der Waals surface area contributed by atoms with E-state index in [2.05, 4.69) is 15.9 Å². The van der Waals surface area contributed by atoms with Crippen LogP contribution in [0.25, 0.3) is 0 Å². The third-order valence-electron chi connectivity index (χ3n) is 2.88. The lowest BCUT2D eigenvalue weighted by molar-refractivity contribution is -0.137. The van der Waals surface area contributed by atoms with Crippen LogP contribution in [0, 0.1) is 0 Å². The van der Waals surface area contributed by atoms with Gasteiger partial charge in [-0.1, -0.05) is 46.3 Å². The Morgan fingerprint density at radius 2 is 1.71 bits per heavy atom. The van der Waals surface area contributed by atoms with Crippen molar-refractivity contribution in [2.75, 3.05) is 0 Å². The molecule has 2 aromatic carbocycles. The Labute approximate surface area is 132 Å². The lowest BCUT2D eigenvalue weighted by Gasteiger charge is -2.13. The number of halogens is 5. The van der Waals surface area contributed by atoms with E-state index < -0.39 is 22.9 Å². The molecule has 0 aliphatic heterocycles. The first-order valence-corrected chi connectivity index (χ1v) is 7.13. The molecule has 0 aliphatic carbocycles. The fourth-order valence-corrected chi connectivity index (χ4v) is 2.51. The molecule has 0 spiro atoms. The van der Waals surface area contributed by atoms with Gasteiger partial charge in [0.1, 0.15) is 5.38 Å².